The number of carbonyl (C=O) groups excluding carboxylic acids is 1. The Labute approximate surface area is 210 Å². The van der Waals surface area contributed by atoms with E-state index >= 15 is 0 Å². The second kappa shape index (κ2) is 12.7. The van der Waals surface area contributed by atoms with Crippen LogP contribution in [0.15, 0.2) is 83.8 Å². The first kappa shape index (κ1) is 25.9. The molecule has 6 nitrogen and oxygen atoms in total. The van der Waals surface area contributed by atoms with Gasteiger partial charge in [-0.1, -0.05) is 48.0 Å². The number of thioether (sulfide) groups is 1. The molecule has 0 saturated carbocycles. The summed E-state index contributed by atoms with van der Waals surface area (Å²) in [5, 5.41) is 3.58. The molecule has 3 aromatic carbocycles. The van der Waals surface area contributed by atoms with E-state index in [0.717, 1.165) is 32.8 Å². The fourth-order valence-electron chi connectivity index (χ4n) is 3.17. The normalized spacial score (nSPS) is 11.1. The Morgan fingerprint density at radius 2 is 1.68 bits per heavy atom. The zero-order valence-corrected chi connectivity index (χ0v) is 21.2. The number of hydrogen-bond acceptors (Lipinski definition) is 5. The molecule has 0 aliphatic carbocycles. The first-order valence-corrected chi connectivity index (χ1v) is 13.7. The Hall–Kier alpha value is -2.68. The molecule has 3 rings (SSSR count). The number of amides is 1. The fourth-order valence-corrected chi connectivity index (χ4v) is 5.86. The van der Waals surface area contributed by atoms with Gasteiger partial charge in [-0.25, -0.2) is 8.42 Å². The van der Waals surface area contributed by atoms with Gasteiger partial charge in [0.2, 0.25) is 5.91 Å². The highest BCUT2D eigenvalue weighted by Crippen LogP contribution is 2.25. The maximum absolute atomic E-state index is 13.3. The van der Waals surface area contributed by atoms with Crippen molar-refractivity contribution in [3.63, 3.8) is 0 Å². The molecule has 34 heavy (non-hydrogen) atoms. The number of hydrogen-bond donors (Lipinski definition) is 1. The largest absolute Gasteiger partial charge is 0.497 e. The molecule has 3 aromatic rings. The van der Waals surface area contributed by atoms with Gasteiger partial charge in [0, 0.05) is 17.3 Å². The van der Waals surface area contributed by atoms with Gasteiger partial charge in [-0.2, -0.15) is 11.8 Å². The summed E-state index contributed by atoms with van der Waals surface area (Å²) < 4.78 is 32.9. The molecule has 0 bridgehead atoms. The lowest BCUT2D eigenvalue weighted by atomic mass is 10.2. The maximum Gasteiger partial charge on any atom is 0.264 e. The minimum atomic E-state index is -3.93. The van der Waals surface area contributed by atoms with Crippen molar-refractivity contribution in [3.05, 3.63) is 89.4 Å². The van der Waals surface area contributed by atoms with Crippen molar-refractivity contribution in [2.75, 3.05) is 30.3 Å². The molecule has 1 N–H and O–H groups in total. The van der Waals surface area contributed by atoms with E-state index in [9.17, 15) is 13.2 Å². The lowest BCUT2D eigenvalue weighted by molar-refractivity contribution is -0.119. The molecule has 0 heterocycles. The third kappa shape index (κ3) is 7.16. The van der Waals surface area contributed by atoms with Gasteiger partial charge in [-0.15, -0.1) is 0 Å². The van der Waals surface area contributed by atoms with Gasteiger partial charge >= 0.3 is 0 Å². The number of rotatable bonds is 12. The topological polar surface area (TPSA) is 75.7 Å². The van der Waals surface area contributed by atoms with Gasteiger partial charge < -0.3 is 10.1 Å². The Bertz CT molecular complexity index is 1170. The molecule has 0 atom stereocenters. The third-order valence-electron chi connectivity index (χ3n) is 4.98. The summed E-state index contributed by atoms with van der Waals surface area (Å²) in [7, 11) is -2.39. The van der Waals surface area contributed by atoms with Crippen LogP contribution in [-0.4, -0.2) is 40.3 Å². The molecule has 0 fully saturated rings. The summed E-state index contributed by atoms with van der Waals surface area (Å²) in [6.07, 6.45) is 0.759. The van der Waals surface area contributed by atoms with Crippen molar-refractivity contribution in [2.24, 2.45) is 0 Å². The van der Waals surface area contributed by atoms with Crippen LogP contribution in [-0.2, 0) is 20.6 Å². The van der Waals surface area contributed by atoms with Crippen LogP contribution in [0, 0.1) is 0 Å². The maximum atomic E-state index is 13.3. The highest BCUT2D eigenvalue weighted by Gasteiger charge is 2.27. The fraction of sp³-hybridized carbons (Fsp3) is 0.240. The van der Waals surface area contributed by atoms with Crippen molar-refractivity contribution in [2.45, 2.75) is 17.1 Å². The first-order chi connectivity index (χ1) is 16.4. The van der Waals surface area contributed by atoms with E-state index in [1.165, 1.54) is 19.2 Å². The van der Waals surface area contributed by atoms with E-state index in [-0.39, 0.29) is 17.3 Å². The number of ether oxygens (including phenoxy) is 1. The van der Waals surface area contributed by atoms with Crippen LogP contribution in [0.4, 0.5) is 5.69 Å². The number of methoxy groups -OCH3 is 1. The summed E-state index contributed by atoms with van der Waals surface area (Å²) in [5.41, 5.74) is 1.47. The van der Waals surface area contributed by atoms with Crippen LogP contribution < -0.4 is 14.4 Å². The minimum absolute atomic E-state index is 0.120. The Morgan fingerprint density at radius 3 is 2.35 bits per heavy atom. The van der Waals surface area contributed by atoms with Crippen molar-refractivity contribution >= 4 is 45.0 Å². The summed E-state index contributed by atoms with van der Waals surface area (Å²) in [4.78, 5) is 12.8. The average Bonchev–Trinajstić information content (AvgIpc) is 2.86. The van der Waals surface area contributed by atoms with E-state index in [1.54, 1.807) is 54.2 Å². The third-order valence-corrected chi connectivity index (χ3v) is 8.23. The molecule has 9 heteroatoms. The van der Waals surface area contributed by atoms with Crippen molar-refractivity contribution in [1.82, 2.24) is 5.32 Å². The molecule has 0 aliphatic heterocycles. The summed E-state index contributed by atoms with van der Waals surface area (Å²) in [5.74, 6) is 1.87. The lowest BCUT2D eigenvalue weighted by Crippen LogP contribution is -2.41. The Kier molecular flexibility index (Phi) is 9.68. The smallest absolute Gasteiger partial charge is 0.264 e. The number of nitrogens with one attached hydrogen (secondary N) is 1. The molecule has 0 saturated heterocycles. The Balaban J connectivity index is 1.58. The molecule has 0 aliphatic rings. The summed E-state index contributed by atoms with van der Waals surface area (Å²) >= 11 is 7.91. The van der Waals surface area contributed by atoms with Gasteiger partial charge in [0.25, 0.3) is 10.0 Å². The minimum Gasteiger partial charge on any atom is -0.497 e. The van der Waals surface area contributed by atoms with Gasteiger partial charge in [-0.3, -0.25) is 9.10 Å². The average molecular weight is 519 g/mol. The number of carbonyl (C=O) groups is 1. The summed E-state index contributed by atoms with van der Waals surface area (Å²) in [6.45, 7) is 0.131. The number of nitrogens with zero attached hydrogens (tertiary/aromatic N) is 1. The second-order valence-electron chi connectivity index (χ2n) is 7.37. The quantitative estimate of drug-likeness (QED) is 0.342. The number of halogens is 1. The molecule has 1 amide bonds. The second-order valence-corrected chi connectivity index (χ2v) is 10.7. The molecule has 0 aromatic heterocycles. The van der Waals surface area contributed by atoms with Crippen molar-refractivity contribution in [3.8, 4) is 5.75 Å². The van der Waals surface area contributed by atoms with E-state index in [4.69, 9.17) is 16.3 Å². The van der Waals surface area contributed by atoms with Crippen LogP contribution in [0.3, 0.4) is 0 Å². The number of sulfonamides is 1. The predicted molar refractivity (Wildman–Crippen MR) is 139 cm³/mol. The zero-order valence-electron chi connectivity index (χ0n) is 18.8. The molecule has 180 valence electrons. The molecule has 0 unspecified atom stereocenters. The first-order valence-electron chi connectivity index (χ1n) is 10.7. The molecular weight excluding hydrogens is 492 g/mol. The number of anilines is 1. The van der Waals surface area contributed by atoms with Crippen molar-refractivity contribution < 1.29 is 17.9 Å². The standard InChI is InChI=1S/C25H27ClN2O4S2/c1-32-22-14-12-21(13-15-22)28(34(30,31)23-9-3-2-4-10-23)18-25(29)27-16-7-17-33-19-20-8-5-6-11-24(20)26/h2-6,8-15H,7,16-19H2,1H3,(H,27,29). The van der Waals surface area contributed by atoms with Crippen LogP contribution >= 0.6 is 23.4 Å². The van der Waals surface area contributed by atoms with Gasteiger partial charge in [0.15, 0.2) is 0 Å². The number of benzene rings is 3. The zero-order chi connectivity index (χ0) is 24.4. The molecular formula is C25H27ClN2O4S2. The van der Waals surface area contributed by atoms with Crippen LogP contribution in [0.5, 0.6) is 5.75 Å². The van der Waals surface area contributed by atoms with Gasteiger partial charge in [0.1, 0.15) is 12.3 Å². The van der Waals surface area contributed by atoms with E-state index in [0.29, 0.717) is 18.0 Å². The lowest BCUT2D eigenvalue weighted by Gasteiger charge is -2.24. The Morgan fingerprint density at radius 1 is 1.00 bits per heavy atom. The van der Waals surface area contributed by atoms with Crippen LogP contribution in [0.1, 0.15) is 12.0 Å². The predicted octanol–water partition coefficient (Wildman–Crippen LogP) is 4.98. The van der Waals surface area contributed by atoms with E-state index in [2.05, 4.69) is 5.32 Å². The highest BCUT2D eigenvalue weighted by molar-refractivity contribution is 7.98. The molecule has 0 spiro atoms. The van der Waals surface area contributed by atoms with Gasteiger partial charge in [-0.05, 0) is 60.2 Å². The van der Waals surface area contributed by atoms with Crippen LogP contribution in [0.2, 0.25) is 5.02 Å². The van der Waals surface area contributed by atoms with E-state index in [1.807, 2.05) is 24.3 Å². The van der Waals surface area contributed by atoms with Crippen molar-refractivity contribution in [1.29, 1.82) is 0 Å². The molecule has 0 radical (unpaired) electrons. The van der Waals surface area contributed by atoms with E-state index < -0.39 is 10.0 Å². The van der Waals surface area contributed by atoms with Crippen LogP contribution in [0.25, 0.3) is 0 Å². The highest BCUT2D eigenvalue weighted by atomic mass is 35.5. The summed E-state index contributed by atoms with van der Waals surface area (Å²) in [6, 6.07) is 22.4. The monoisotopic (exact) mass is 518 g/mol. The van der Waals surface area contributed by atoms with Gasteiger partial charge in [0.05, 0.1) is 17.7 Å². The SMILES string of the molecule is COc1ccc(N(CC(=O)NCCCSCc2ccccc2Cl)S(=O)(=O)c2ccccc2)cc1.